The van der Waals surface area contributed by atoms with Crippen LogP contribution in [-0.2, 0) is 9.47 Å². The predicted octanol–water partition coefficient (Wildman–Crippen LogP) is 6.82. The fraction of sp³-hybridized carbons (Fsp3) is 0.680. The number of benzene rings is 1. The molecule has 0 saturated heterocycles. The Bertz CT molecular complexity index is 615. The van der Waals surface area contributed by atoms with Crippen molar-refractivity contribution in [2.24, 2.45) is 11.3 Å². The predicted molar refractivity (Wildman–Crippen MR) is 118 cm³/mol. The van der Waals surface area contributed by atoms with Gasteiger partial charge in [0.1, 0.15) is 0 Å². The van der Waals surface area contributed by atoms with Gasteiger partial charge in [-0.1, -0.05) is 85.3 Å². The molecule has 0 bridgehead atoms. The minimum atomic E-state index is -0.464. The number of ether oxygens (including phenoxy) is 2. The molecule has 4 heteroatoms. The zero-order valence-corrected chi connectivity index (χ0v) is 19.1. The first-order chi connectivity index (χ1) is 13.7. The highest BCUT2D eigenvalue weighted by molar-refractivity contribution is 6.03. The highest BCUT2D eigenvalue weighted by Gasteiger charge is 2.21. The molecule has 1 unspecified atom stereocenters. The second-order valence-electron chi connectivity index (χ2n) is 9.27. The first-order valence-electron chi connectivity index (χ1n) is 11.2. The quantitative estimate of drug-likeness (QED) is 0.267. The second kappa shape index (κ2) is 13.4. The van der Waals surface area contributed by atoms with Crippen LogP contribution in [0.15, 0.2) is 24.3 Å². The Morgan fingerprint density at radius 2 is 1.38 bits per heavy atom. The molecule has 0 aliphatic rings. The standard InChI is InChI=1S/C25H40O4/c1-6-7-8-9-10-11-14-17-28-23(26)21-15-12-13-16-22(21)24(27)29-19-20(2)18-25(3,4)5/h12-13,15-16,20H,6-11,14,17-19H2,1-5H3. The van der Waals surface area contributed by atoms with E-state index in [1.807, 2.05) is 0 Å². The summed E-state index contributed by atoms with van der Waals surface area (Å²) in [6, 6.07) is 6.73. The number of carbonyl (C=O) groups is 2. The molecule has 0 heterocycles. The summed E-state index contributed by atoms with van der Waals surface area (Å²) >= 11 is 0. The lowest BCUT2D eigenvalue weighted by Gasteiger charge is -2.23. The number of rotatable bonds is 13. The zero-order valence-electron chi connectivity index (χ0n) is 19.1. The maximum atomic E-state index is 12.5. The smallest absolute Gasteiger partial charge is 0.339 e. The summed E-state index contributed by atoms with van der Waals surface area (Å²) in [6.07, 6.45) is 9.10. The van der Waals surface area contributed by atoms with Crippen molar-refractivity contribution in [3.05, 3.63) is 35.4 Å². The first kappa shape index (κ1) is 25.2. The monoisotopic (exact) mass is 404 g/mol. The van der Waals surface area contributed by atoms with Gasteiger partial charge in [0.15, 0.2) is 0 Å². The van der Waals surface area contributed by atoms with Crippen molar-refractivity contribution in [3.8, 4) is 0 Å². The van der Waals surface area contributed by atoms with E-state index in [0.717, 1.165) is 19.3 Å². The number of esters is 2. The van der Waals surface area contributed by atoms with Crippen molar-refractivity contribution in [2.75, 3.05) is 13.2 Å². The molecule has 1 aromatic rings. The second-order valence-corrected chi connectivity index (χ2v) is 9.27. The van der Waals surface area contributed by atoms with E-state index in [9.17, 15) is 9.59 Å². The van der Waals surface area contributed by atoms with Crippen LogP contribution in [0.2, 0.25) is 0 Å². The van der Waals surface area contributed by atoms with Crippen molar-refractivity contribution in [1.82, 2.24) is 0 Å². The molecule has 0 fully saturated rings. The average Bonchev–Trinajstić information content (AvgIpc) is 2.66. The first-order valence-corrected chi connectivity index (χ1v) is 11.2. The van der Waals surface area contributed by atoms with Crippen LogP contribution in [0.3, 0.4) is 0 Å². The van der Waals surface area contributed by atoms with Crippen molar-refractivity contribution in [3.63, 3.8) is 0 Å². The molecule has 0 radical (unpaired) electrons. The fourth-order valence-electron chi connectivity index (χ4n) is 3.54. The van der Waals surface area contributed by atoms with Gasteiger partial charge in [0.2, 0.25) is 0 Å². The number of unbranched alkanes of at least 4 members (excludes halogenated alkanes) is 6. The summed E-state index contributed by atoms with van der Waals surface area (Å²) in [7, 11) is 0. The molecule has 164 valence electrons. The molecule has 0 aliphatic carbocycles. The van der Waals surface area contributed by atoms with Crippen LogP contribution in [-0.4, -0.2) is 25.2 Å². The maximum Gasteiger partial charge on any atom is 0.339 e. The summed E-state index contributed by atoms with van der Waals surface area (Å²) in [5.41, 5.74) is 0.743. The summed E-state index contributed by atoms with van der Waals surface area (Å²) in [5.74, 6) is -0.657. The fourth-order valence-corrected chi connectivity index (χ4v) is 3.54. The van der Waals surface area contributed by atoms with Gasteiger partial charge in [0.25, 0.3) is 0 Å². The van der Waals surface area contributed by atoms with Crippen molar-refractivity contribution >= 4 is 11.9 Å². The molecule has 1 atom stereocenters. The van der Waals surface area contributed by atoms with E-state index in [4.69, 9.17) is 9.47 Å². The summed E-state index contributed by atoms with van der Waals surface area (Å²) in [6.45, 7) is 11.5. The van der Waals surface area contributed by atoms with E-state index < -0.39 is 11.9 Å². The van der Waals surface area contributed by atoms with Gasteiger partial charge < -0.3 is 9.47 Å². The van der Waals surface area contributed by atoms with Crippen molar-refractivity contribution in [2.45, 2.75) is 86.0 Å². The van der Waals surface area contributed by atoms with Gasteiger partial charge in [-0.15, -0.1) is 0 Å². The highest BCUT2D eigenvalue weighted by Crippen LogP contribution is 2.24. The molecule has 0 spiro atoms. The SMILES string of the molecule is CCCCCCCCCOC(=O)c1ccccc1C(=O)OCC(C)CC(C)(C)C. The number of carbonyl (C=O) groups excluding carboxylic acids is 2. The lowest BCUT2D eigenvalue weighted by molar-refractivity contribution is 0.0399. The minimum Gasteiger partial charge on any atom is -0.462 e. The molecule has 0 aromatic heterocycles. The van der Waals surface area contributed by atoms with E-state index in [1.165, 1.54) is 32.1 Å². The highest BCUT2D eigenvalue weighted by atomic mass is 16.5. The molecule has 0 saturated carbocycles. The summed E-state index contributed by atoms with van der Waals surface area (Å²) in [4.78, 5) is 25.0. The van der Waals surface area contributed by atoms with E-state index in [-0.39, 0.29) is 22.5 Å². The Kier molecular flexibility index (Phi) is 11.6. The maximum absolute atomic E-state index is 12.5. The van der Waals surface area contributed by atoms with Crippen LogP contribution in [0.25, 0.3) is 0 Å². The van der Waals surface area contributed by atoms with E-state index in [2.05, 4.69) is 34.6 Å². The van der Waals surface area contributed by atoms with Crippen molar-refractivity contribution < 1.29 is 19.1 Å². The van der Waals surface area contributed by atoms with Gasteiger partial charge in [-0.3, -0.25) is 0 Å². The number of hydrogen-bond acceptors (Lipinski definition) is 4. The third-order valence-corrected chi connectivity index (χ3v) is 4.81. The van der Waals surface area contributed by atoms with Crippen LogP contribution in [0.1, 0.15) is 107 Å². The van der Waals surface area contributed by atoms with Gasteiger partial charge in [0.05, 0.1) is 24.3 Å². The number of hydrogen-bond donors (Lipinski definition) is 0. The largest absolute Gasteiger partial charge is 0.462 e. The van der Waals surface area contributed by atoms with Crippen LogP contribution >= 0.6 is 0 Å². The molecule has 29 heavy (non-hydrogen) atoms. The third-order valence-electron chi connectivity index (χ3n) is 4.81. The third kappa shape index (κ3) is 11.1. The molecule has 0 aliphatic heterocycles. The Morgan fingerprint density at radius 3 is 1.93 bits per heavy atom. The molecule has 0 amide bonds. The van der Waals surface area contributed by atoms with E-state index in [1.54, 1.807) is 24.3 Å². The van der Waals surface area contributed by atoms with Crippen molar-refractivity contribution in [1.29, 1.82) is 0 Å². The van der Waals surface area contributed by atoms with Crippen LogP contribution in [0.5, 0.6) is 0 Å². The molecular weight excluding hydrogens is 364 g/mol. The zero-order chi connectivity index (χ0) is 21.7. The lowest BCUT2D eigenvalue weighted by atomic mass is 9.86. The molecule has 1 rings (SSSR count). The van der Waals surface area contributed by atoms with Gasteiger partial charge in [-0.05, 0) is 36.3 Å². The molecule has 1 aromatic carbocycles. The average molecular weight is 405 g/mol. The topological polar surface area (TPSA) is 52.6 Å². The Morgan fingerprint density at radius 1 is 0.862 bits per heavy atom. The van der Waals surface area contributed by atoms with Crippen LogP contribution in [0.4, 0.5) is 0 Å². The van der Waals surface area contributed by atoms with Gasteiger partial charge in [-0.25, -0.2) is 9.59 Å². The normalized spacial score (nSPS) is 12.4. The Labute approximate surface area is 177 Å². The molecular formula is C25H40O4. The van der Waals surface area contributed by atoms with E-state index >= 15 is 0 Å². The molecule has 4 nitrogen and oxygen atoms in total. The van der Waals surface area contributed by atoms with Crippen LogP contribution < -0.4 is 0 Å². The van der Waals surface area contributed by atoms with Gasteiger partial charge in [0, 0.05) is 0 Å². The van der Waals surface area contributed by atoms with Gasteiger partial charge in [-0.2, -0.15) is 0 Å². The van der Waals surface area contributed by atoms with Gasteiger partial charge >= 0.3 is 11.9 Å². The summed E-state index contributed by atoms with van der Waals surface area (Å²) in [5, 5.41) is 0. The minimum absolute atomic E-state index is 0.184. The van der Waals surface area contributed by atoms with Crippen LogP contribution in [0, 0.1) is 11.3 Å². The Hall–Kier alpha value is -1.84. The van der Waals surface area contributed by atoms with E-state index in [0.29, 0.717) is 13.2 Å². The lowest BCUT2D eigenvalue weighted by Crippen LogP contribution is -2.19. The molecule has 0 N–H and O–H groups in total. The Balaban J connectivity index is 2.47. The summed E-state index contributed by atoms with van der Waals surface area (Å²) < 4.78 is 10.9.